The standard InChI is InChI=1S/C11H18ClNO2/c1-9-4-7-13-11(8-9,5-3-6-12)10(14)15-2/h13H,1,3-8H2,2H3. The van der Waals surface area contributed by atoms with Gasteiger partial charge in [-0.1, -0.05) is 12.2 Å². The lowest BCUT2D eigenvalue weighted by Gasteiger charge is -2.36. The summed E-state index contributed by atoms with van der Waals surface area (Å²) in [6.07, 6.45) is 3.11. The molecule has 1 saturated heterocycles. The maximum Gasteiger partial charge on any atom is 0.326 e. The molecule has 0 aromatic heterocycles. The number of ether oxygens (including phenoxy) is 1. The van der Waals surface area contributed by atoms with Crippen LogP contribution in [0.3, 0.4) is 0 Å². The van der Waals surface area contributed by atoms with E-state index in [-0.39, 0.29) is 5.97 Å². The fourth-order valence-corrected chi connectivity index (χ4v) is 2.18. The van der Waals surface area contributed by atoms with Gasteiger partial charge in [-0.3, -0.25) is 4.79 Å². The van der Waals surface area contributed by atoms with Crippen molar-refractivity contribution in [1.29, 1.82) is 0 Å². The molecule has 0 bridgehead atoms. The first-order valence-corrected chi connectivity index (χ1v) is 5.74. The molecule has 1 rings (SSSR count). The molecule has 4 heteroatoms. The number of methoxy groups -OCH3 is 1. The Hall–Kier alpha value is -0.540. The van der Waals surface area contributed by atoms with Crippen molar-refractivity contribution < 1.29 is 9.53 Å². The third-order valence-corrected chi connectivity index (χ3v) is 3.07. The average molecular weight is 232 g/mol. The van der Waals surface area contributed by atoms with Crippen molar-refractivity contribution in [2.24, 2.45) is 0 Å². The third kappa shape index (κ3) is 2.95. The number of piperidine rings is 1. The highest BCUT2D eigenvalue weighted by atomic mass is 35.5. The number of carbonyl (C=O) groups excluding carboxylic acids is 1. The van der Waals surface area contributed by atoms with Crippen molar-refractivity contribution in [2.75, 3.05) is 19.5 Å². The highest BCUT2D eigenvalue weighted by Crippen LogP contribution is 2.28. The van der Waals surface area contributed by atoms with Gasteiger partial charge in [0.1, 0.15) is 5.54 Å². The number of carbonyl (C=O) groups is 1. The summed E-state index contributed by atoms with van der Waals surface area (Å²) in [7, 11) is 1.42. The molecule has 1 unspecified atom stereocenters. The third-order valence-electron chi connectivity index (χ3n) is 2.81. The molecule has 0 amide bonds. The van der Waals surface area contributed by atoms with Gasteiger partial charge in [0.15, 0.2) is 0 Å². The monoisotopic (exact) mass is 231 g/mol. The van der Waals surface area contributed by atoms with Gasteiger partial charge in [-0.25, -0.2) is 0 Å². The second kappa shape index (κ2) is 5.52. The van der Waals surface area contributed by atoms with Crippen molar-refractivity contribution in [2.45, 2.75) is 31.2 Å². The maximum absolute atomic E-state index is 11.8. The van der Waals surface area contributed by atoms with Gasteiger partial charge in [0, 0.05) is 5.88 Å². The molecule has 1 heterocycles. The molecule has 3 nitrogen and oxygen atoms in total. The molecule has 0 aromatic rings. The molecule has 0 aromatic carbocycles. The van der Waals surface area contributed by atoms with E-state index < -0.39 is 5.54 Å². The van der Waals surface area contributed by atoms with Crippen LogP contribution in [0.4, 0.5) is 0 Å². The van der Waals surface area contributed by atoms with Crippen LogP contribution in [0.1, 0.15) is 25.7 Å². The highest BCUT2D eigenvalue weighted by molar-refractivity contribution is 6.17. The van der Waals surface area contributed by atoms with E-state index in [0.29, 0.717) is 18.7 Å². The van der Waals surface area contributed by atoms with Crippen molar-refractivity contribution in [1.82, 2.24) is 5.32 Å². The lowest BCUT2D eigenvalue weighted by molar-refractivity contribution is -0.149. The minimum Gasteiger partial charge on any atom is -0.468 e. The lowest BCUT2D eigenvalue weighted by atomic mass is 9.83. The van der Waals surface area contributed by atoms with Crippen LogP contribution < -0.4 is 5.32 Å². The van der Waals surface area contributed by atoms with Crippen LogP contribution >= 0.6 is 11.6 Å². The minimum atomic E-state index is -0.584. The zero-order valence-electron chi connectivity index (χ0n) is 9.14. The number of nitrogens with one attached hydrogen (secondary N) is 1. The van der Waals surface area contributed by atoms with Gasteiger partial charge in [0.05, 0.1) is 7.11 Å². The van der Waals surface area contributed by atoms with Gasteiger partial charge >= 0.3 is 5.97 Å². The summed E-state index contributed by atoms with van der Waals surface area (Å²) in [6.45, 7) is 4.74. The summed E-state index contributed by atoms with van der Waals surface area (Å²) < 4.78 is 4.85. The average Bonchev–Trinajstić information content (AvgIpc) is 2.25. The first-order chi connectivity index (χ1) is 7.14. The van der Waals surface area contributed by atoms with E-state index in [1.165, 1.54) is 7.11 Å². The largest absolute Gasteiger partial charge is 0.468 e. The Kier molecular flexibility index (Phi) is 4.61. The first-order valence-electron chi connectivity index (χ1n) is 5.21. The molecule has 1 aliphatic heterocycles. The zero-order chi connectivity index (χ0) is 11.3. The van der Waals surface area contributed by atoms with E-state index in [1.54, 1.807) is 0 Å². The van der Waals surface area contributed by atoms with Gasteiger partial charge in [-0.2, -0.15) is 0 Å². The molecule has 1 N–H and O–H groups in total. The Morgan fingerprint density at radius 1 is 1.73 bits per heavy atom. The predicted molar refractivity (Wildman–Crippen MR) is 61.1 cm³/mol. The van der Waals surface area contributed by atoms with Crippen molar-refractivity contribution >= 4 is 17.6 Å². The predicted octanol–water partition coefficient (Wildman–Crippen LogP) is 1.86. The quantitative estimate of drug-likeness (QED) is 0.456. The van der Waals surface area contributed by atoms with E-state index in [9.17, 15) is 4.79 Å². The number of rotatable bonds is 4. The van der Waals surface area contributed by atoms with E-state index in [1.807, 2.05) is 0 Å². The Morgan fingerprint density at radius 3 is 3.00 bits per heavy atom. The molecule has 15 heavy (non-hydrogen) atoms. The van der Waals surface area contributed by atoms with E-state index in [4.69, 9.17) is 16.3 Å². The molecule has 1 fully saturated rings. The Morgan fingerprint density at radius 2 is 2.47 bits per heavy atom. The molecule has 1 aliphatic rings. The molecule has 0 radical (unpaired) electrons. The number of hydrogen-bond donors (Lipinski definition) is 1. The summed E-state index contributed by atoms with van der Waals surface area (Å²) in [6, 6.07) is 0. The summed E-state index contributed by atoms with van der Waals surface area (Å²) in [5.41, 5.74) is 0.521. The normalized spacial score (nSPS) is 26.4. The number of hydrogen-bond acceptors (Lipinski definition) is 3. The minimum absolute atomic E-state index is 0.200. The summed E-state index contributed by atoms with van der Waals surface area (Å²) in [5.74, 6) is 0.362. The van der Waals surface area contributed by atoms with Crippen LogP contribution in [0.15, 0.2) is 12.2 Å². The molecule has 0 saturated carbocycles. The molecule has 86 valence electrons. The first kappa shape index (κ1) is 12.5. The number of halogens is 1. The molecular formula is C11H18ClNO2. The SMILES string of the molecule is C=C1CCNC(CCCCl)(C(=O)OC)C1. The second-order valence-electron chi connectivity index (χ2n) is 3.97. The van der Waals surface area contributed by atoms with Crippen LogP contribution in [-0.2, 0) is 9.53 Å². The lowest BCUT2D eigenvalue weighted by Crippen LogP contribution is -2.55. The van der Waals surface area contributed by atoms with Crippen LogP contribution in [0.25, 0.3) is 0 Å². The highest BCUT2D eigenvalue weighted by Gasteiger charge is 2.40. The van der Waals surface area contributed by atoms with Gasteiger partial charge in [0.25, 0.3) is 0 Å². The van der Waals surface area contributed by atoms with E-state index in [2.05, 4.69) is 11.9 Å². The molecular weight excluding hydrogens is 214 g/mol. The molecule has 0 spiro atoms. The fraction of sp³-hybridized carbons (Fsp3) is 0.727. The zero-order valence-corrected chi connectivity index (χ0v) is 9.90. The van der Waals surface area contributed by atoms with Gasteiger partial charge in [-0.05, 0) is 32.2 Å². The Balaban J connectivity index is 2.74. The second-order valence-corrected chi connectivity index (χ2v) is 4.35. The van der Waals surface area contributed by atoms with Gasteiger partial charge in [-0.15, -0.1) is 11.6 Å². The van der Waals surface area contributed by atoms with Gasteiger partial charge in [0.2, 0.25) is 0 Å². The number of alkyl halides is 1. The van der Waals surface area contributed by atoms with Crippen molar-refractivity contribution in [3.63, 3.8) is 0 Å². The Bertz CT molecular complexity index is 255. The summed E-state index contributed by atoms with van der Waals surface area (Å²) in [5, 5.41) is 3.25. The van der Waals surface area contributed by atoms with Crippen molar-refractivity contribution in [3.8, 4) is 0 Å². The molecule has 1 atom stereocenters. The molecule has 0 aliphatic carbocycles. The number of esters is 1. The maximum atomic E-state index is 11.8. The van der Waals surface area contributed by atoms with Crippen LogP contribution in [0.5, 0.6) is 0 Å². The van der Waals surface area contributed by atoms with Crippen LogP contribution in [0, 0.1) is 0 Å². The topological polar surface area (TPSA) is 38.3 Å². The smallest absolute Gasteiger partial charge is 0.326 e. The van der Waals surface area contributed by atoms with Crippen LogP contribution in [0.2, 0.25) is 0 Å². The van der Waals surface area contributed by atoms with Crippen LogP contribution in [-0.4, -0.2) is 31.0 Å². The van der Waals surface area contributed by atoms with Crippen molar-refractivity contribution in [3.05, 3.63) is 12.2 Å². The van der Waals surface area contributed by atoms with E-state index >= 15 is 0 Å². The summed E-state index contributed by atoms with van der Waals surface area (Å²) in [4.78, 5) is 11.8. The van der Waals surface area contributed by atoms with Gasteiger partial charge < -0.3 is 10.1 Å². The summed E-state index contributed by atoms with van der Waals surface area (Å²) >= 11 is 5.66. The van der Waals surface area contributed by atoms with E-state index in [0.717, 1.165) is 25.0 Å². The Labute approximate surface area is 95.8 Å². The fourth-order valence-electron chi connectivity index (χ4n) is 2.04.